The number of aryl methyl sites for hydroxylation is 1. The van der Waals surface area contributed by atoms with Gasteiger partial charge in [-0.1, -0.05) is 22.0 Å². The molecule has 1 aliphatic rings. The number of nitrogens with zero attached hydrogens (tertiary/aromatic N) is 1. The van der Waals surface area contributed by atoms with Gasteiger partial charge < -0.3 is 5.32 Å². The number of aromatic nitrogens is 1. The smallest absolute Gasteiger partial charge is 0.127 e. The molecule has 1 heterocycles. The van der Waals surface area contributed by atoms with Gasteiger partial charge in [0.1, 0.15) is 11.6 Å². The van der Waals surface area contributed by atoms with Gasteiger partial charge in [-0.15, -0.1) is 0 Å². The summed E-state index contributed by atoms with van der Waals surface area (Å²) in [7, 11) is 0. The average Bonchev–Trinajstić information content (AvgIpc) is 2.89. The molecule has 2 aromatic carbocycles. The van der Waals surface area contributed by atoms with E-state index in [1.165, 1.54) is 11.6 Å². The van der Waals surface area contributed by atoms with E-state index in [9.17, 15) is 4.39 Å². The van der Waals surface area contributed by atoms with Gasteiger partial charge >= 0.3 is 0 Å². The molecule has 0 saturated carbocycles. The van der Waals surface area contributed by atoms with Crippen LogP contribution in [-0.2, 0) is 6.42 Å². The second-order valence-electron chi connectivity index (χ2n) is 5.61. The van der Waals surface area contributed by atoms with E-state index in [-0.39, 0.29) is 11.9 Å². The van der Waals surface area contributed by atoms with Crippen LogP contribution in [0.3, 0.4) is 0 Å². The van der Waals surface area contributed by atoms with Crippen molar-refractivity contribution in [2.75, 3.05) is 5.32 Å². The summed E-state index contributed by atoms with van der Waals surface area (Å²) in [6.07, 6.45) is 1.88. The molecule has 0 bridgehead atoms. The van der Waals surface area contributed by atoms with Gasteiger partial charge in [0.15, 0.2) is 0 Å². The number of anilines is 1. The first-order valence-corrected chi connectivity index (χ1v) is 8.09. The molecule has 0 fully saturated rings. The van der Waals surface area contributed by atoms with Gasteiger partial charge in [0.25, 0.3) is 0 Å². The van der Waals surface area contributed by atoms with E-state index in [0.29, 0.717) is 0 Å². The van der Waals surface area contributed by atoms with Crippen molar-refractivity contribution in [3.8, 4) is 0 Å². The van der Waals surface area contributed by atoms with Crippen LogP contribution in [0.1, 0.15) is 23.6 Å². The van der Waals surface area contributed by atoms with E-state index in [2.05, 4.69) is 38.4 Å². The Morgan fingerprint density at radius 2 is 2.00 bits per heavy atom. The van der Waals surface area contributed by atoms with Crippen LogP contribution in [0, 0.1) is 5.82 Å². The minimum atomic E-state index is -0.159. The molecule has 4 rings (SSSR count). The number of halogens is 2. The first kappa shape index (κ1) is 13.7. The zero-order chi connectivity index (χ0) is 15.1. The van der Waals surface area contributed by atoms with E-state index < -0.39 is 0 Å². The van der Waals surface area contributed by atoms with E-state index in [4.69, 9.17) is 0 Å². The third-order valence-corrected chi connectivity index (χ3v) is 4.65. The maximum absolute atomic E-state index is 13.3. The lowest BCUT2D eigenvalue weighted by molar-refractivity contribution is 0.626. The fraction of sp³-hybridized carbons (Fsp3) is 0.167. The molecule has 4 heteroatoms. The van der Waals surface area contributed by atoms with Gasteiger partial charge in [-0.05, 0) is 66.4 Å². The highest BCUT2D eigenvalue weighted by Gasteiger charge is 2.22. The fourth-order valence-electron chi connectivity index (χ4n) is 3.09. The molecule has 1 atom stereocenters. The lowest BCUT2D eigenvalue weighted by atomic mass is 10.1. The number of hydrogen-bond acceptors (Lipinski definition) is 2. The largest absolute Gasteiger partial charge is 0.363 e. The van der Waals surface area contributed by atoms with Gasteiger partial charge in [0, 0.05) is 9.86 Å². The van der Waals surface area contributed by atoms with Gasteiger partial charge in [-0.2, -0.15) is 0 Å². The van der Waals surface area contributed by atoms with Crippen LogP contribution in [0.4, 0.5) is 10.2 Å². The molecule has 0 saturated heterocycles. The molecule has 1 aromatic heterocycles. The molecule has 0 spiro atoms. The minimum absolute atomic E-state index is 0.159. The first-order valence-electron chi connectivity index (χ1n) is 7.30. The summed E-state index contributed by atoms with van der Waals surface area (Å²) in [6, 6.07) is 15.4. The number of hydrogen-bond donors (Lipinski definition) is 1. The Bertz CT molecular complexity index is 863. The molecular formula is C18H14BrFN2. The maximum Gasteiger partial charge on any atom is 0.127 e. The Labute approximate surface area is 136 Å². The number of nitrogens with one attached hydrogen (secondary N) is 1. The molecule has 22 heavy (non-hydrogen) atoms. The first-order chi connectivity index (χ1) is 10.7. The molecule has 1 N–H and O–H groups in total. The van der Waals surface area contributed by atoms with Crippen molar-refractivity contribution in [3.05, 3.63) is 69.9 Å². The Balaban J connectivity index is 1.64. The van der Waals surface area contributed by atoms with Gasteiger partial charge in [-0.25, -0.2) is 9.37 Å². The topological polar surface area (TPSA) is 24.9 Å². The van der Waals surface area contributed by atoms with Crippen molar-refractivity contribution in [2.24, 2.45) is 0 Å². The van der Waals surface area contributed by atoms with Crippen molar-refractivity contribution in [1.29, 1.82) is 0 Å². The van der Waals surface area contributed by atoms with Crippen LogP contribution in [-0.4, -0.2) is 4.98 Å². The van der Waals surface area contributed by atoms with Crippen molar-refractivity contribution >= 4 is 32.7 Å². The third-order valence-electron chi connectivity index (χ3n) is 4.16. The molecule has 0 amide bonds. The van der Waals surface area contributed by atoms with Crippen molar-refractivity contribution in [3.63, 3.8) is 0 Å². The van der Waals surface area contributed by atoms with Gasteiger partial charge in [0.05, 0.1) is 11.6 Å². The molecule has 3 aromatic rings. The van der Waals surface area contributed by atoms with E-state index in [0.717, 1.165) is 39.6 Å². The van der Waals surface area contributed by atoms with Crippen LogP contribution in [0.15, 0.2) is 53.0 Å². The predicted octanol–water partition coefficient (Wildman–Crippen LogP) is 5.24. The predicted molar refractivity (Wildman–Crippen MR) is 90.5 cm³/mol. The fourth-order valence-corrected chi connectivity index (χ4v) is 3.47. The van der Waals surface area contributed by atoms with Gasteiger partial charge in [-0.3, -0.25) is 0 Å². The summed E-state index contributed by atoms with van der Waals surface area (Å²) in [4.78, 5) is 4.66. The quantitative estimate of drug-likeness (QED) is 0.679. The molecule has 110 valence electrons. The maximum atomic E-state index is 13.3. The highest BCUT2D eigenvalue weighted by Crippen LogP contribution is 2.34. The SMILES string of the molecule is Fc1ccc2c(c1)CC[C@@H]2Nc1ccc2cc(Br)ccc2n1. The summed E-state index contributed by atoms with van der Waals surface area (Å²) < 4.78 is 14.3. The Morgan fingerprint density at radius 1 is 1.09 bits per heavy atom. The average molecular weight is 357 g/mol. The molecular weight excluding hydrogens is 343 g/mol. The monoisotopic (exact) mass is 356 g/mol. The number of pyridine rings is 1. The van der Waals surface area contributed by atoms with E-state index in [1.54, 1.807) is 6.07 Å². The highest BCUT2D eigenvalue weighted by atomic mass is 79.9. The molecule has 0 radical (unpaired) electrons. The van der Waals surface area contributed by atoms with Gasteiger partial charge in [0.2, 0.25) is 0 Å². The zero-order valence-electron chi connectivity index (χ0n) is 11.8. The van der Waals surface area contributed by atoms with E-state index in [1.807, 2.05) is 24.3 Å². The molecule has 1 aliphatic carbocycles. The lowest BCUT2D eigenvalue weighted by Gasteiger charge is -2.15. The number of fused-ring (bicyclic) bond motifs is 2. The number of benzene rings is 2. The lowest BCUT2D eigenvalue weighted by Crippen LogP contribution is -2.08. The summed E-state index contributed by atoms with van der Waals surface area (Å²) in [5.74, 6) is 0.700. The third kappa shape index (κ3) is 2.48. The molecule has 0 unspecified atom stereocenters. The summed E-state index contributed by atoms with van der Waals surface area (Å²) in [5.41, 5.74) is 3.24. The summed E-state index contributed by atoms with van der Waals surface area (Å²) in [6.45, 7) is 0. The summed E-state index contributed by atoms with van der Waals surface area (Å²) >= 11 is 3.47. The Hall–Kier alpha value is -1.94. The van der Waals surface area contributed by atoms with Crippen LogP contribution >= 0.6 is 15.9 Å². The Morgan fingerprint density at radius 3 is 2.91 bits per heavy atom. The van der Waals surface area contributed by atoms with Crippen molar-refractivity contribution < 1.29 is 4.39 Å². The number of rotatable bonds is 2. The zero-order valence-corrected chi connectivity index (χ0v) is 13.4. The highest BCUT2D eigenvalue weighted by molar-refractivity contribution is 9.10. The second kappa shape index (κ2) is 5.36. The van der Waals surface area contributed by atoms with Crippen molar-refractivity contribution in [1.82, 2.24) is 4.98 Å². The van der Waals surface area contributed by atoms with Crippen LogP contribution in [0.2, 0.25) is 0 Å². The standard InChI is InChI=1S/C18H14BrFN2/c19-13-3-7-16-12(9-13)2-8-18(21-16)22-17-6-1-11-10-14(20)4-5-15(11)17/h2-5,7-10,17H,1,6H2,(H,21,22)/t17-/m0/s1. The molecule has 0 aliphatic heterocycles. The second-order valence-corrected chi connectivity index (χ2v) is 6.53. The van der Waals surface area contributed by atoms with Crippen LogP contribution in [0.5, 0.6) is 0 Å². The Kier molecular flexibility index (Phi) is 3.34. The normalized spacial score (nSPS) is 16.7. The minimum Gasteiger partial charge on any atom is -0.363 e. The van der Waals surface area contributed by atoms with Crippen LogP contribution in [0.25, 0.3) is 10.9 Å². The van der Waals surface area contributed by atoms with E-state index >= 15 is 0 Å². The van der Waals surface area contributed by atoms with Crippen LogP contribution < -0.4 is 5.32 Å². The molecule has 2 nitrogen and oxygen atoms in total. The van der Waals surface area contributed by atoms with Crippen molar-refractivity contribution in [2.45, 2.75) is 18.9 Å². The summed E-state index contributed by atoms with van der Waals surface area (Å²) in [5, 5.41) is 4.58.